The summed E-state index contributed by atoms with van der Waals surface area (Å²) in [7, 11) is -3.60. The first-order valence-corrected chi connectivity index (χ1v) is 8.63. The first-order chi connectivity index (χ1) is 9.96. The molecule has 8 heteroatoms. The molecule has 0 N–H and O–H groups in total. The quantitative estimate of drug-likeness (QED) is 0.579. The number of rotatable bonds is 6. The van der Waals surface area contributed by atoms with Crippen molar-refractivity contribution in [3.05, 3.63) is 28.8 Å². The van der Waals surface area contributed by atoms with Gasteiger partial charge in [-0.2, -0.15) is 8.42 Å². The van der Waals surface area contributed by atoms with Crippen molar-refractivity contribution in [3.8, 4) is 5.75 Å². The van der Waals surface area contributed by atoms with Crippen LogP contribution in [-0.2, 0) is 30.4 Å². The van der Waals surface area contributed by atoms with Gasteiger partial charge in [0, 0.05) is 10.6 Å². The van der Waals surface area contributed by atoms with Crippen molar-refractivity contribution in [2.75, 3.05) is 12.9 Å². The van der Waals surface area contributed by atoms with E-state index in [-0.39, 0.29) is 13.2 Å². The zero-order valence-electron chi connectivity index (χ0n) is 12.9. The highest BCUT2D eigenvalue weighted by molar-refractivity contribution is 7.85. The summed E-state index contributed by atoms with van der Waals surface area (Å²) < 4.78 is 37.3. The predicted molar refractivity (Wildman–Crippen MR) is 82.4 cm³/mol. The maximum atomic E-state index is 11.6. The van der Waals surface area contributed by atoms with Gasteiger partial charge in [0.15, 0.2) is 6.61 Å². The number of hydrogen-bond acceptors (Lipinski definition) is 6. The minimum absolute atomic E-state index is 0.233. The number of hydrogen-bond donors (Lipinski definition) is 0. The van der Waals surface area contributed by atoms with E-state index in [1.54, 1.807) is 26.8 Å². The summed E-state index contributed by atoms with van der Waals surface area (Å²) in [5, 5.41) is 0.400. The van der Waals surface area contributed by atoms with Crippen LogP contribution in [0.15, 0.2) is 18.2 Å². The predicted octanol–water partition coefficient (Wildman–Crippen LogP) is 2.54. The average Bonchev–Trinajstić information content (AvgIpc) is 2.32. The second kappa shape index (κ2) is 7.30. The van der Waals surface area contributed by atoms with Crippen LogP contribution in [0.4, 0.5) is 0 Å². The van der Waals surface area contributed by atoms with Crippen molar-refractivity contribution < 1.29 is 26.9 Å². The van der Waals surface area contributed by atoms with Gasteiger partial charge >= 0.3 is 5.97 Å². The summed E-state index contributed by atoms with van der Waals surface area (Å²) >= 11 is 5.86. The van der Waals surface area contributed by atoms with Gasteiger partial charge in [-0.1, -0.05) is 11.6 Å². The molecule has 22 heavy (non-hydrogen) atoms. The fourth-order valence-electron chi connectivity index (χ4n) is 1.48. The largest absolute Gasteiger partial charge is 0.482 e. The van der Waals surface area contributed by atoms with E-state index in [9.17, 15) is 13.2 Å². The molecule has 0 radical (unpaired) electrons. The van der Waals surface area contributed by atoms with Gasteiger partial charge in [-0.05, 0) is 39.0 Å². The Hall–Kier alpha value is -1.31. The smallest absolute Gasteiger partial charge is 0.344 e. The zero-order valence-corrected chi connectivity index (χ0v) is 14.5. The van der Waals surface area contributed by atoms with E-state index in [1.165, 1.54) is 12.1 Å². The fourth-order valence-corrected chi connectivity index (χ4v) is 2.02. The lowest BCUT2D eigenvalue weighted by Crippen LogP contribution is -2.27. The highest BCUT2D eigenvalue weighted by Gasteiger charge is 2.17. The molecule has 0 amide bonds. The van der Waals surface area contributed by atoms with E-state index in [2.05, 4.69) is 0 Å². The van der Waals surface area contributed by atoms with Crippen molar-refractivity contribution in [2.24, 2.45) is 0 Å². The van der Waals surface area contributed by atoms with Crippen LogP contribution in [0.25, 0.3) is 0 Å². The molecule has 0 aliphatic rings. The molecule has 1 aromatic carbocycles. The van der Waals surface area contributed by atoms with Gasteiger partial charge in [0.2, 0.25) is 0 Å². The van der Waals surface area contributed by atoms with Crippen LogP contribution >= 0.6 is 11.6 Å². The number of halogens is 1. The number of ether oxygens (including phenoxy) is 2. The lowest BCUT2D eigenvalue weighted by Gasteiger charge is -2.20. The minimum Gasteiger partial charge on any atom is -0.482 e. The molecule has 0 saturated heterocycles. The average molecular weight is 351 g/mol. The monoisotopic (exact) mass is 350 g/mol. The standard InChI is InChI=1S/C14H19ClO6S/c1-14(2,3)21-13(16)9-19-12-6-5-11(15)7-10(12)8-20-22(4,17)18/h5-7H,8-9H2,1-4H3. The first kappa shape index (κ1) is 18.7. The van der Waals surface area contributed by atoms with Gasteiger partial charge in [0.05, 0.1) is 12.9 Å². The summed E-state index contributed by atoms with van der Waals surface area (Å²) in [5.74, 6) is -0.226. The Morgan fingerprint density at radius 1 is 1.27 bits per heavy atom. The van der Waals surface area contributed by atoms with Crippen molar-refractivity contribution in [1.82, 2.24) is 0 Å². The Bertz CT molecular complexity index is 633. The molecule has 0 aromatic heterocycles. The van der Waals surface area contributed by atoms with Crippen LogP contribution < -0.4 is 4.74 Å². The zero-order chi connectivity index (χ0) is 17.0. The van der Waals surface area contributed by atoms with Crippen molar-refractivity contribution in [1.29, 1.82) is 0 Å². The van der Waals surface area contributed by atoms with Gasteiger partial charge < -0.3 is 9.47 Å². The van der Waals surface area contributed by atoms with Crippen LogP contribution in [0.2, 0.25) is 5.02 Å². The topological polar surface area (TPSA) is 78.9 Å². The normalized spacial score (nSPS) is 12.0. The third-order valence-electron chi connectivity index (χ3n) is 2.22. The Morgan fingerprint density at radius 3 is 2.45 bits per heavy atom. The maximum Gasteiger partial charge on any atom is 0.344 e. The highest BCUT2D eigenvalue weighted by Crippen LogP contribution is 2.24. The maximum absolute atomic E-state index is 11.6. The van der Waals surface area contributed by atoms with Gasteiger partial charge in [-0.15, -0.1) is 0 Å². The molecule has 1 aromatic rings. The minimum atomic E-state index is -3.60. The third-order valence-corrected chi connectivity index (χ3v) is 3.00. The molecule has 0 aliphatic carbocycles. The Labute approximate surface area is 135 Å². The van der Waals surface area contributed by atoms with Crippen LogP contribution in [0.3, 0.4) is 0 Å². The summed E-state index contributed by atoms with van der Waals surface area (Å²) in [6.45, 7) is 4.71. The van der Waals surface area contributed by atoms with Crippen LogP contribution in [0.5, 0.6) is 5.75 Å². The van der Waals surface area contributed by atoms with Gasteiger partial charge in [0.25, 0.3) is 10.1 Å². The highest BCUT2D eigenvalue weighted by atomic mass is 35.5. The third kappa shape index (κ3) is 7.63. The van der Waals surface area contributed by atoms with E-state index in [4.69, 9.17) is 25.3 Å². The number of esters is 1. The molecule has 0 fully saturated rings. The van der Waals surface area contributed by atoms with Crippen molar-refractivity contribution in [3.63, 3.8) is 0 Å². The summed E-state index contributed by atoms with van der Waals surface area (Å²) in [6.07, 6.45) is 0.943. The Morgan fingerprint density at radius 2 is 1.91 bits per heavy atom. The van der Waals surface area contributed by atoms with Gasteiger partial charge in [-0.25, -0.2) is 4.79 Å². The molecule has 0 spiro atoms. The van der Waals surface area contributed by atoms with Crippen molar-refractivity contribution in [2.45, 2.75) is 33.0 Å². The SMILES string of the molecule is CC(C)(C)OC(=O)COc1ccc(Cl)cc1COS(C)(=O)=O. The van der Waals surface area contributed by atoms with E-state index in [0.29, 0.717) is 16.3 Å². The number of carbonyl (C=O) groups excluding carboxylic acids is 1. The molecule has 124 valence electrons. The van der Waals surface area contributed by atoms with Crippen LogP contribution in [0.1, 0.15) is 26.3 Å². The molecular formula is C14H19ClO6S. The number of benzene rings is 1. The molecule has 1 rings (SSSR count). The summed E-state index contributed by atoms with van der Waals surface area (Å²) in [4.78, 5) is 11.6. The lowest BCUT2D eigenvalue weighted by molar-refractivity contribution is -0.157. The Kier molecular flexibility index (Phi) is 6.22. The molecule has 0 aliphatic heterocycles. The molecule has 6 nitrogen and oxygen atoms in total. The van der Waals surface area contributed by atoms with E-state index in [1.807, 2.05) is 0 Å². The van der Waals surface area contributed by atoms with Crippen LogP contribution in [-0.4, -0.2) is 32.9 Å². The van der Waals surface area contributed by atoms with Crippen molar-refractivity contribution >= 4 is 27.7 Å². The summed E-state index contributed by atoms with van der Waals surface area (Å²) in [5.41, 5.74) is -0.190. The Balaban J connectivity index is 2.75. The molecule has 0 atom stereocenters. The van der Waals surface area contributed by atoms with Crippen LogP contribution in [0, 0.1) is 0 Å². The van der Waals surface area contributed by atoms with E-state index >= 15 is 0 Å². The van der Waals surface area contributed by atoms with E-state index in [0.717, 1.165) is 6.26 Å². The lowest BCUT2D eigenvalue weighted by atomic mass is 10.2. The number of carbonyl (C=O) groups is 1. The second-order valence-electron chi connectivity index (χ2n) is 5.59. The van der Waals surface area contributed by atoms with Gasteiger partial charge in [-0.3, -0.25) is 4.18 Å². The summed E-state index contributed by atoms with van der Waals surface area (Å²) in [6, 6.07) is 4.61. The fraction of sp³-hybridized carbons (Fsp3) is 0.500. The first-order valence-electron chi connectivity index (χ1n) is 6.44. The van der Waals surface area contributed by atoms with E-state index < -0.39 is 21.7 Å². The molecule has 0 bridgehead atoms. The molecular weight excluding hydrogens is 332 g/mol. The molecule has 0 saturated carbocycles. The molecule has 0 heterocycles. The van der Waals surface area contributed by atoms with Gasteiger partial charge in [0.1, 0.15) is 11.4 Å². The molecule has 0 unspecified atom stereocenters. The second-order valence-corrected chi connectivity index (χ2v) is 7.67.